The number of hydrogen-bond acceptors (Lipinski definition) is 3. The number of ether oxygens (including phenoxy) is 1. The van der Waals surface area contributed by atoms with Gasteiger partial charge in [-0.2, -0.15) is 0 Å². The van der Waals surface area contributed by atoms with Crippen LogP contribution < -0.4 is 4.74 Å². The monoisotopic (exact) mass is 394 g/mol. The van der Waals surface area contributed by atoms with Crippen LogP contribution in [0.25, 0.3) is 11.1 Å². The number of carbonyl (C=O) groups excluding carboxylic acids is 2. The molecule has 0 spiro atoms. The van der Waals surface area contributed by atoms with Gasteiger partial charge >= 0.3 is 5.97 Å². The first-order valence-corrected chi connectivity index (χ1v) is 9.31. The van der Waals surface area contributed by atoms with Crippen molar-refractivity contribution in [2.75, 3.05) is 0 Å². The first-order chi connectivity index (χ1) is 13.9. The third kappa shape index (κ3) is 4.57. The van der Waals surface area contributed by atoms with Crippen molar-refractivity contribution >= 4 is 11.8 Å². The molecular formula is C24H20F2O3. The molecule has 29 heavy (non-hydrogen) atoms. The van der Waals surface area contributed by atoms with E-state index in [-0.39, 0.29) is 16.9 Å². The van der Waals surface area contributed by atoms with E-state index < -0.39 is 23.4 Å². The second kappa shape index (κ2) is 8.78. The van der Waals surface area contributed by atoms with Crippen LogP contribution in [0.5, 0.6) is 5.75 Å². The summed E-state index contributed by atoms with van der Waals surface area (Å²) in [5.41, 5.74) is 1.72. The molecule has 0 amide bonds. The Balaban J connectivity index is 1.76. The number of carbonyl (C=O) groups is 2. The molecule has 0 N–H and O–H groups in total. The summed E-state index contributed by atoms with van der Waals surface area (Å²) in [6, 6.07) is 15.9. The second-order valence-corrected chi connectivity index (χ2v) is 6.71. The third-order valence-corrected chi connectivity index (χ3v) is 4.57. The van der Waals surface area contributed by atoms with Crippen molar-refractivity contribution < 1.29 is 23.1 Å². The number of benzene rings is 3. The predicted molar refractivity (Wildman–Crippen MR) is 107 cm³/mol. The van der Waals surface area contributed by atoms with Gasteiger partial charge in [0.2, 0.25) is 0 Å². The molecular weight excluding hydrogens is 374 g/mol. The van der Waals surface area contributed by atoms with Crippen molar-refractivity contribution in [2.45, 2.75) is 26.7 Å². The molecule has 3 aromatic carbocycles. The van der Waals surface area contributed by atoms with Gasteiger partial charge in [-0.15, -0.1) is 0 Å². The minimum Gasteiger partial charge on any atom is -0.423 e. The minimum absolute atomic E-state index is 0.0249. The van der Waals surface area contributed by atoms with Gasteiger partial charge in [0, 0.05) is 5.56 Å². The predicted octanol–water partition coefficient (Wildman–Crippen LogP) is 6.01. The van der Waals surface area contributed by atoms with E-state index in [1.54, 1.807) is 12.1 Å². The molecule has 0 saturated carbocycles. The Bertz CT molecular complexity index is 1040. The minimum atomic E-state index is -1.17. The van der Waals surface area contributed by atoms with Crippen LogP contribution in [0.15, 0.2) is 60.7 Å². The quantitative estimate of drug-likeness (QED) is 0.292. The molecule has 3 rings (SSSR count). The average Bonchev–Trinajstić information content (AvgIpc) is 2.71. The Morgan fingerprint density at radius 3 is 2.10 bits per heavy atom. The summed E-state index contributed by atoms with van der Waals surface area (Å²) in [5, 5.41) is 0. The summed E-state index contributed by atoms with van der Waals surface area (Å²) >= 11 is 0. The fraction of sp³-hybridized carbons (Fsp3) is 0.167. The van der Waals surface area contributed by atoms with E-state index in [2.05, 4.69) is 6.92 Å². The largest absolute Gasteiger partial charge is 0.423 e. The van der Waals surface area contributed by atoms with Crippen LogP contribution in [0, 0.1) is 11.6 Å². The standard InChI is InChI=1S/C24H20F2O3/c1-3-4-16-5-7-18(8-6-16)24(28)29-19-11-9-17(10-12-19)21-14-13-20(15(2)27)22(25)23(21)26/h5-14H,3-4H2,1-2H3. The van der Waals surface area contributed by atoms with E-state index in [0.717, 1.165) is 18.4 Å². The second-order valence-electron chi connectivity index (χ2n) is 6.71. The molecule has 0 fully saturated rings. The van der Waals surface area contributed by atoms with E-state index in [4.69, 9.17) is 4.74 Å². The van der Waals surface area contributed by atoms with E-state index in [1.165, 1.54) is 43.3 Å². The number of rotatable bonds is 6. The lowest BCUT2D eigenvalue weighted by Gasteiger charge is -2.09. The summed E-state index contributed by atoms with van der Waals surface area (Å²) in [6.07, 6.45) is 1.97. The van der Waals surface area contributed by atoms with Gasteiger partial charge in [-0.05, 0) is 54.8 Å². The highest BCUT2D eigenvalue weighted by molar-refractivity contribution is 5.95. The molecule has 0 aliphatic carbocycles. The van der Waals surface area contributed by atoms with Gasteiger partial charge in [0.15, 0.2) is 17.4 Å². The smallest absolute Gasteiger partial charge is 0.343 e. The van der Waals surface area contributed by atoms with Crippen LogP contribution in [-0.2, 0) is 6.42 Å². The van der Waals surface area contributed by atoms with Crippen molar-refractivity contribution in [3.8, 4) is 16.9 Å². The highest BCUT2D eigenvalue weighted by atomic mass is 19.2. The topological polar surface area (TPSA) is 43.4 Å². The number of ketones is 1. The molecule has 0 bridgehead atoms. The molecule has 0 aliphatic rings. The molecule has 0 atom stereocenters. The van der Waals surface area contributed by atoms with E-state index >= 15 is 0 Å². The van der Waals surface area contributed by atoms with Crippen LogP contribution in [0.3, 0.4) is 0 Å². The van der Waals surface area contributed by atoms with Gasteiger partial charge in [0.05, 0.1) is 11.1 Å². The molecule has 0 aromatic heterocycles. The first-order valence-electron chi connectivity index (χ1n) is 9.31. The van der Waals surface area contributed by atoms with Crippen molar-refractivity contribution in [3.05, 3.63) is 89.0 Å². The zero-order valence-electron chi connectivity index (χ0n) is 16.2. The van der Waals surface area contributed by atoms with Gasteiger partial charge in [-0.3, -0.25) is 4.79 Å². The average molecular weight is 394 g/mol. The summed E-state index contributed by atoms with van der Waals surface area (Å²) in [5.74, 6) is -3.01. The lowest BCUT2D eigenvalue weighted by Crippen LogP contribution is -2.08. The maximum Gasteiger partial charge on any atom is 0.343 e. The fourth-order valence-corrected chi connectivity index (χ4v) is 3.01. The van der Waals surface area contributed by atoms with E-state index in [0.29, 0.717) is 11.1 Å². The lowest BCUT2D eigenvalue weighted by molar-refractivity contribution is 0.0734. The molecule has 148 valence electrons. The molecule has 3 aromatic rings. The zero-order valence-corrected chi connectivity index (χ0v) is 16.2. The Labute approximate surface area is 168 Å². The molecule has 5 heteroatoms. The van der Waals surface area contributed by atoms with Gasteiger partial charge in [0.25, 0.3) is 0 Å². The third-order valence-electron chi connectivity index (χ3n) is 4.57. The number of halogens is 2. The summed E-state index contributed by atoms with van der Waals surface area (Å²) in [4.78, 5) is 23.6. The van der Waals surface area contributed by atoms with Crippen molar-refractivity contribution in [3.63, 3.8) is 0 Å². The van der Waals surface area contributed by atoms with Gasteiger partial charge in [-0.1, -0.05) is 43.7 Å². The van der Waals surface area contributed by atoms with E-state index in [1.807, 2.05) is 12.1 Å². The van der Waals surface area contributed by atoms with Gasteiger partial charge < -0.3 is 4.74 Å². The molecule has 0 radical (unpaired) electrons. The first kappa shape index (κ1) is 20.4. The lowest BCUT2D eigenvalue weighted by atomic mass is 10.0. The Morgan fingerprint density at radius 1 is 0.862 bits per heavy atom. The van der Waals surface area contributed by atoms with Crippen molar-refractivity contribution in [2.24, 2.45) is 0 Å². The Morgan fingerprint density at radius 2 is 1.52 bits per heavy atom. The van der Waals surface area contributed by atoms with Gasteiger partial charge in [-0.25, -0.2) is 13.6 Å². The summed E-state index contributed by atoms with van der Waals surface area (Å²) in [7, 11) is 0. The maximum atomic E-state index is 14.3. The zero-order chi connectivity index (χ0) is 21.0. The number of aryl methyl sites for hydroxylation is 1. The number of Topliss-reactive ketones (excluding diaryl/α,β-unsaturated/α-hetero) is 1. The van der Waals surface area contributed by atoms with Crippen LogP contribution in [0.1, 0.15) is 46.5 Å². The molecule has 3 nitrogen and oxygen atoms in total. The van der Waals surface area contributed by atoms with Crippen LogP contribution in [0.4, 0.5) is 8.78 Å². The molecule has 0 aliphatic heterocycles. The molecule has 0 heterocycles. The highest BCUT2D eigenvalue weighted by Crippen LogP contribution is 2.28. The summed E-state index contributed by atoms with van der Waals surface area (Å²) < 4.78 is 33.7. The van der Waals surface area contributed by atoms with E-state index in [9.17, 15) is 18.4 Å². The molecule has 0 unspecified atom stereocenters. The SMILES string of the molecule is CCCc1ccc(C(=O)Oc2ccc(-c3ccc(C(C)=O)c(F)c3F)cc2)cc1. The summed E-state index contributed by atoms with van der Waals surface area (Å²) in [6.45, 7) is 3.27. The van der Waals surface area contributed by atoms with Crippen LogP contribution >= 0.6 is 0 Å². The normalized spacial score (nSPS) is 10.6. The number of hydrogen-bond donors (Lipinski definition) is 0. The van der Waals surface area contributed by atoms with Crippen molar-refractivity contribution in [1.82, 2.24) is 0 Å². The van der Waals surface area contributed by atoms with Gasteiger partial charge in [0.1, 0.15) is 5.75 Å². The Hall–Kier alpha value is -3.34. The Kier molecular flexibility index (Phi) is 6.17. The van der Waals surface area contributed by atoms with Crippen molar-refractivity contribution in [1.29, 1.82) is 0 Å². The van der Waals surface area contributed by atoms with Crippen LogP contribution in [-0.4, -0.2) is 11.8 Å². The number of esters is 1. The maximum absolute atomic E-state index is 14.3. The van der Waals surface area contributed by atoms with Crippen LogP contribution in [0.2, 0.25) is 0 Å². The highest BCUT2D eigenvalue weighted by Gasteiger charge is 2.17. The fourth-order valence-electron chi connectivity index (χ4n) is 3.01. The molecule has 0 saturated heterocycles.